The lowest BCUT2D eigenvalue weighted by Crippen LogP contribution is -2.49. The Hall–Kier alpha value is -1.77. The minimum absolute atomic E-state index is 0.0643. The molecule has 25 heavy (non-hydrogen) atoms. The molecule has 1 saturated heterocycles. The number of nitrogens with zero attached hydrogens (tertiary/aromatic N) is 1. The maximum absolute atomic E-state index is 12.3. The van der Waals surface area contributed by atoms with Gasteiger partial charge in [-0.15, -0.1) is 0 Å². The summed E-state index contributed by atoms with van der Waals surface area (Å²) in [5.74, 6) is -0.563. The van der Waals surface area contributed by atoms with Crippen LogP contribution in [0.2, 0.25) is 0 Å². The highest BCUT2D eigenvalue weighted by molar-refractivity contribution is 7.89. The van der Waals surface area contributed by atoms with Crippen molar-refractivity contribution in [3.05, 3.63) is 35.4 Å². The topological polar surface area (TPSA) is 95.6 Å². The molecule has 0 bridgehead atoms. The summed E-state index contributed by atoms with van der Waals surface area (Å²) in [6.07, 6.45) is 0.985. The van der Waals surface area contributed by atoms with Crippen molar-refractivity contribution in [3.8, 4) is 0 Å². The fraction of sp³-hybridized carbons (Fsp3) is 0.529. The third kappa shape index (κ3) is 3.91. The lowest BCUT2D eigenvalue weighted by molar-refractivity contribution is 0.0654. The Kier molecular flexibility index (Phi) is 5.21. The van der Waals surface area contributed by atoms with Crippen molar-refractivity contribution in [1.82, 2.24) is 14.9 Å². The van der Waals surface area contributed by atoms with E-state index in [1.54, 1.807) is 24.3 Å². The van der Waals surface area contributed by atoms with Crippen molar-refractivity contribution >= 4 is 21.8 Å². The molecule has 1 fully saturated rings. The van der Waals surface area contributed by atoms with Crippen LogP contribution in [0.1, 0.15) is 40.5 Å². The van der Waals surface area contributed by atoms with E-state index in [1.165, 1.54) is 0 Å². The van der Waals surface area contributed by atoms with E-state index >= 15 is 0 Å². The number of amides is 2. The zero-order chi connectivity index (χ0) is 18.0. The van der Waals surface area contributed by atoms with Gasteiger partial charge < -0.3 is 5.32 Å². The number of imide groups is 1. The first-order valence-electron chi connectivity index (χ1n) is 8.55. The quantitative estimate of drug-likeness (QED) is 0.720. The molecule has 136 valence electrons. The van der Waals surface area contributed by atoms with Crippen LogP contribution < -0.4 is 10.0 Å². The van der Waals surface area contributed by atoms with Gasteiger partial charge in [-0.05, 0) is 44.0 Å². The maximum atomic E-state index is 12.3. The van der Waals surface area contributed by atoms with Crippen LogP contribution in [0.4, 0.5) is 0 Å². The first-order chi connectivity index (χ1) is 11.9. The molecular formula is C17H23N3O4S. The van der Waals surface area contributed by atoms with Gasteiger partial charge >= 0.3 is 0 Å². The van der Waals surface area contributed by atoms with E-state index < -0.39 is 10.0 Å². The highest BCUT2D eigenvalue weighted by atomic mass is 32.2. The minimum atomic E-state index is -3.44. The van der Waals surface area contributed by atoms with Crippen molar-refractivity contribution in [3.63, 3.8) is 0 Å². The van der Waals surface area contributed by atoms with Crippen molar-refractivity contribution in [2.24, 2.45) is 5.92 Å². The molecule has 2 N–H and O–H groups in total. The number of sulfonamides is 1. The van der Waals surface area contributed by atoms with Gasteiger partial charge in [0.05, 0.1) is 16.9 Å². The van der Waals surface area contributed by atoms with E-state index in [4.69, 9.17) is 0 Å². The summed E-state index contributed by atoms with van der Waals surface area (Å²) in [5, 5.41) is 3.23. The number of hydrogen-bond acceptors (Lipinski definition) is 5. The number of rotatable bonds is 6. The molecule has 2 atom stereocenters. The molecule has 2 aliphatic rings. The fourth-order valence-corrected chi connectivity index (χ4v) is 4.77. The average molecular weight is 365 g/mol. The Bertz CT molecular complexity index is 743. The summed E-state index contributed by atoms with van der Waals surface area (Å²) < 4.78 is 27.3. The van der Waals surface area contributed by atoms with E-state index in [0.717, 1.165) is 24.4 Å². The molecule has 2 heterocycles. The standard InChI is InChI=1S/C17H23N3O4S/c1-12-11-18-8-7-15(12)19-25(23,24)10-4-9-20-16(21)13-5-2-3-6-14(13)17(20)22/h2-3,5-6,12,15,18-19H,4,7-11H2,1H3. The van der Waals surface area contributed by atoms with E-state index in [-0.39, 0.29) is 42.5 Å². The Morgan fingerprint density at radius 1 is 1.20 bits per heavy atom. The van der Waals surface area contributed by atoms with Gasteiger partial charge in [0, 0.05) is 12.6 Å². The van der Waals surface area contributed by atoms with E-state index in [0.29, 0.717) is 11.1 Å². The third-order valence-electron chi connectivity index (χ3n) is 4.79. The summed E-state index contributed by atoms with van der Waals surface area (Å²) in [5.41, 5.74) is 0.772. The SMILES string of the molecule is CC1CNCCC1NS(=O)(=O)CCCN1C(=O)c2ccccc2C1=O. The van der Waals surface area contributed by atoms with Crippen LogP contribution in [0.25, 0.3) is 0 Å². The zero-order valence-electron chi connectivity index (χ0n) is 14.2. The zero-order valence-corrected chi connectivity index (χ0v) is 15.0. The number of hydrogen-bond donors (Lipinski definition) is 2. The van der Waals surface area contributed by atoms with Gasteiger partial charge in [-0.1, -0.05) is 19.1 Å². The summed E-state index contributed by atoms with van der Waals surface area (Å²) in [4.78, 5) is 25.6. The van der Waals surface area contributed by atoms with Gasteiger partial charge in [0.15, 0.2) is 0 Å². The normalized spacial score (nSPS) is 23.8. The number of carbonyl (C=O) groups excluding carboxylic acids is 2. The highest BCUT2D eigenvalue weighted by Gasteiger charge is 2.35. The number of benzene rings is 1. The molecule has 1 aromatic carbocycles. The lowest BCUT2D eigenvalue weighted by atomic mass is 9.97. The monoisotopic (exact) mass is 365 g/mol. The average Bonchev–Trinajstić information content (AvgIpc) is 2.82. The van der Waals surface area contributed by atoms with Crippen LogP contribution in [0.5, 0.6) is 0 Å². The maximum Gasteiger partial charge on any atom is 0.261 e. The predicted molar refractivity (Wildman–Crippen MR) is 93.8 cm³/mol. The van der Waals surface area contributed by atoms with E-state index in [2.05, 4.69) is 10.0 Å². The Morgan fingerprint density at radius 2 is 1.84 bits per heavy atom. The lowest BCUT2D eigenvalue weighted by Gasteiger charge is -2.30. The van der Waals surface area contributed by atoms with E-state index in [9.17, 15) is 18.0 Å². The van der Waals surface area contributed by atoms with Crippen LogP contribution in [0.3, 0.4) is 0 Å². The Balaban J connectivity index is 1.54. The van der Waals surface area contributed by atoms with Gasteiger partial charge in [0.25, 0.3) is 11.8 Å². The van der Waals surface area contributed by atoms with Crippen molar-refractivity contribution in [2.45, 2.75) is 25.8 Å². The molecule has 1 aromatic rings. The van der Waals surface area contributed by atoms with Crippen LogP contribution >= 0.6 is 0 Å². The van der Waals surface area contributed by atoms with Gasteiger partial charge in [-0.25, -0.2) is 13.1 Å². The number of carbonyl (C=O) groups is 2. The summed E-state index contributed by atoms with van der Waals surface area (Å²) in [7, 11) is -3.44. The molecule has 8 heteroatoms. The van der Waals surface area contributed by atoms with Crippen LogP contribution in [-0.4, -0.2) is 56.6 Å². The molecule has 2 unspecified atom stereocenters. The molecule has 2 amide bonds. The van der Waals surface area contributed by atoms with Crippen LogP contribution in [0.15, 0.2) is 24.3 Å². The molecule has 0 spiro atoms. The highest BCUT2D eigenvalue weighted by Crippen LogP contribution is 2.22. The van der Waals surface area contributed by atoms with Crippen LogP contribution in [0, 0.1) is 5.92 Å². The van der Waals surface area contributed by atoms with Gasteiger partial charge in [0.2, 0.25) is 10.0 Å². The van der Waals surface area contributed by atoms with Gasteiger partial charge in [-0.3, -0.25) is 14.5 Å². The Morgan fingerprint density at radius 3 is 2.44 bits per heavy atom. The Labute approximate surface area is 147 Å². The summed E-state index contributed by atoms with van der Waals surface area (Å²) in [6, 6.07) is 6.59. The van der Waals surface area contributed by atoms with E-state index in [1.807, 2.05) is 6.92 Å². The molecule has 0 aliphatic carbocycles. The fourth-order valence-electron chi connectivity index (χ4n) is 3.33. The second-order valence-corrected chi connectivity index (χ2v) is 8.55. The minimum Gasteiger partial charge on any atom is -0.316 e. The van der Waals surface area contributed by atoms with Crippen LogP contribution in [-0.2, 0) is 10.0 Å². The largest absolute Gasteiger partial charge is 0.316 e. The van der Waals surface area contributed by atoms with Crippen molar-refractivity contribution in [2.75, 3.05) is 25.4 Å². The van der Waals surface area contributed by atoms with Crippen molar-refractivity contribution < 1.29 is 18.0 Å². The number of nitrogens with one attached hydrogen (secondary N) is 2. The van der Waals surface area contributed by atoms with Crippen molar-refractivity contribution in [1.29, 1.82) is 0 Å². The molecule has 0 radical (unpaired) electrons. The summed E-state index contributed by atoms with van der Waals surface area (Å²) >= 11 is 0. The number of fused-ring (bicyclic) bond motifs is 1. The first kappa shape index (κ1) is 18.0. The molecule has 2 aliphatic heterocycles. The number of piperidine rings is 1. The van der Waals surface area contributed by atoms with Gasteiger partial charge in [-0.2, -0.15) is 0 Å². The molecule has 3 rings (SSSR count). The second-order valence-electron chi connectivity index (χ2n) is 6.67. The summed E-state index contributed by atoms with van der Waals surface area (Å²) in [6.45, 7) is 3.71. The predicted octanol–water partition coefficient (Wildman–Crippen LogP) is 0.590. The molecule has 0 saturated carbocycles. The molecular weight excluding hydrogens is 342 g/mol. The third-order valence-corrected chi connectivity index (χ3v) is 6.28. The second kappa shape index (κ2) is 7.23. The first-order valence-corrected chi connectivity index (χ1v) is 10.2. The molecule has 0 aromatic heterocycles. The van der Waals surface area contributed by atoms with Gasteiger partial charge in [0.1, 0.15) is 0 Å². The smallest absolute Gasteiger partial charge is 0.261 e. The molecule has 7 nitrogen and oxygen atoms in total.